The first-order valence-electron chi connectivity index (χ1n) is 6.85. The first-order valence-corrected chi connectivity index (χ1v) is 8.53. The molecule has 0 aliphatic carbocycles. The van der Waals surface area contributed by atoms with Gasteiger partial charge in [0.05, 0.1) is 12.8 Å². The summed E-state index contributed by atoms with van der Waals surface area (Å²) in [5, 5.41) is 10.1. The van der Waals surface area contributed by atoms with Gasteiger partial charge in [-0.1, -0.05) is 34.1 Å². The lowest BCUT2D eigenvalue weighted by Crippen LogP contribution is -2.18. The van der Waals surface area contributed by atoms with Crippen LogP contribution in [0.4, 0.5) is 0 Å². The van der Waals surface area contributed by atoms with Crippen LogP contribution in [-0.4, -0.2) is 21.9 Å². The lowest BCUT2D eigenvalue weighted by Gasteiger charge is -2.02. The van der Waals surface area contributed by atoms with Crippen LogP contribution >= 0.6 is 27.3 Å². The van der Waals surface area contributed by atoms with Crippen molar-refractivity contribution in [3.63, 3.8) is 0 Å². The number of hydrazone groups is 1. The second-order valence-corrected chi connectivity index (χ2v) is 6.64. The van der Waals surface area contributed by atoms with Crippen molar-refractivity contribution in [1.29, 1.82) is 0 Å². The number of halogens is 1. The molecule has 1 amide bonds. The second kappa shape index (κ2) is 7.34. The maximum Gasteiger partial charge on any atom is 0.291 e. The van der Waals surface area contributed by atoms with Crippen molar-refractivity contribution in [2.45, 2.75) is 6.54 Å². The fourth-order valence-electron chi connectivity index (χ4n) is 1.97. The zero-order valence-corrected chi connectivity index (χ0v) is 14.4. The van der Waals surface area contributed by atoms with Gasteiger partial charge >= 0.3 is 0 Å². The molecule has 7 heteroatoms. The van der Waals surface area contributed by atoms with E-state index in [0.29, 0.717) is 12.2 Å². The number of carbonyl (C=O) groups is 1. The molecule has 0 spiro atoms. The third-order valence-electron chi connectivity index (χ3n) is 3.01. The SMILES string of the molecule is O=C(N/N=C/c1cccs1)c1ccn(Cc2cccc(Br)c2)n1. The first-order chi connectivity index (χ1) is 11.2. The summed E-state index contributed by atoms with van der Waals surface area (Å²) in [5.41, 5.74) is 3.92. The Morgan fingerprint density at radius 3 is 3.04 bits per heavy atom. The minimum absolute atomic E-state index is 0.328. The molecular weight excluding hydrogens is 376 g/mol. The zero-order chi connectivity index (χ0) is 16.1. The quantitative estimate of drug-likeness (QED) is 0.536. The van der Waals surface area contributed by atoms with E-state index < -0.39 is 0 Å². The van der Waals surface area contributed by atoms with E-state index in [1.54, 1.807) is 34.5 Å². The number of benzene rings is 1. The lowest BCUT2D eigenvalue weighted by atomic mass is 10.2. The minimum Gasteiger partial charge on any atom is -0.268 e. The first kappa shape index (κ1) is 15.6. The van der Waals surface area contributed by atoms with Gasteiger partial charge in [-0.2, -0.15) is 10.2 Å². The van der Waals surface area contributed by atoms with Crippen molar-refractivity contribution in [3.8, 4) is 0 Å². The number of aromatic nitrogens is 2. The summed E-state index contributed by atoms with van der Waals surface area (Å²) in [6.07, 6.45) is 3.39. The predicted octanol–water partition coefficient (Wildman–Crippen LogP) is 3.52. The second-order valence-electron chi connectivity index (χ2n) is 4.74. The Balaban J connectivity index is 1.61. The predicted molar refractivity (Wildman–Crippen MR) is 94.9 cm³/mol. The topological polar surface area (TPSA) is 59.3 Å². The minimum atomic E-state index is -0.328. The van der Waals surface area contributed by atoms with E-state index in [1.807, 2.05) is 41.8 Å². The summed E-state index contributed by atoms with van der Waals surface area (Å²) >= 11 is 4.99. The standard InChI is InChI=1S/C16H13BrN4OS/c17-13-4-1-3-12(9-13)11-21-7-6-15(20-21)16(22)19-18-10-14-5-2-8-23-14/h1-10H,11H2,(H,19,22)/b18-10+. The van der Waals surface area contributed by atoms with Crippen LogP contribution in [0.15, 0.2) is 63.6 Å². The van der Waals surface area contributed by atoms with Gasteiger partial charge in [-0.15, -0.1) is 11.3 Å². The Morgan fingerprint density at radius 2 is 2.26 bits per heavy atom. The third kappa shape index (κ3) is 4.37. The molecule has 0 aliphatic rings. The Hall–Kier alpha value is -2.25. The smallest absolute Gasteiger partial charge is 0.268 e. The summed E-state index contributed by atoms with van der Waals surface area (Å²) < 4.78 is 2.74. The van der Waals surface area contributed by atoms with Crippen LogP contribution in [0.25, 0.3) is 0 Å². The number of nitrogens with one attached hydrogen (secondary N) is 1. The van der Waals surface area contributed by atoms with E-state index in [0.717, 1.165) is 14.9 Å². The number of nitrogens with zero attached hydrogens (tertiary/aromatic N) is 3. The lowest BCUT2D eigenvalue weighted by molar-refractivity contribution is 0.0949. The summed E-state index contributed by atoms with van der Waals surface area (Å²) in [6, 6.07) is 13.5. The van der Waals surface area contributed by atoms with Crippen molar-refractivity contribution in [3.05, 3.63) is 74.6 Å². The van der Waals surface area contributed by atoms with Crippen LogP contribution in [0.1, 0.15) is 20.9 Å². The molecule has 0 unspecified atom stereocenters. The van der Waals surface area contributed by atoms with E-state index in [1.165, 1.54) is 0 Å². The van der Waals surface area contributed by atoms with Gasteiger partial charge in [0.2, 0.25) is 0 Å². The molecule has 2 aromatic heterocycles. The van der Waals surface area contributed by atoms with Crippen LogP contribution < -0.4 is 5.43 Å². The molecule has 1 N–H and O–H groups in total. The Morgan fingerprint density at radius 1 is 1.35 bits per heavy atom. The molecule has 2 heterocycles. The van der Waals surface area contributed by atoms with Crippen LogP contribution in [0.5, 0.6) is 0 Å². The van der Waals surface area contributed by atoms with E-state index in [-0.39, 0.29) is 5.91 Å². The Bertz CT molecular complexity index is 826. The Kier molecular flexibility index (Phi) is 4.99. The van der Waals surface area contributed by atoms with Crippen molar-refractivity contribution in [2.75, 3.05) is 0 Å². The number of amides is 1. The number of hydrogen-bond acceptors (Lipinski definition) is 4. The van der Waals surface area contributed by atoms with Gasteiger partial charge in [0.15, 0.2) is 5.69 Å². The van der Waals surface area contributed by atoms with E-state index in [4.69, 9.17) is 0 Å². The van der Waals surface area contributed by atoms with Gasteiger partial charge in [-0.3, -0.25) is 9.48 Å². The average molecular weight is 389 g/mol. The van der Waals surface area contributed by atoms with Gasteiger partial charge in [0.25, 0.3) is 5.91 Å². The van der Waals surface area contributed by atoms with Crippen LogP contribution in [0.3, 0.4) is 0 Å². The van der Waals surface area contributed by atoms with Crippen molar-refractivity contribution < 1.29 is 4.79 Å². The highest BCUT2D eigenvalue weighted by molar-refractivity contribution is 9.10. The maximum atomic E-state index is 12.0. The molecule has 0 aliphatic heterocycles. The molecular formula is C16H13BrN4OS. The van der Waals surface area contributed by atoms with Crippen molar-refractivity contribution >= 4 is 39.4 Å². The fourth-order valence-corrected chi connectivity index (χ4v) is 3.00. The molecule has 0 atom stereocenters. The highest BCUT2D eigenvalue weighted by Crippen LogP contribution is 2.12. The van der Waals surface area contributed by atoms with Crippen LogP contribution in [0, 0.1) is 0 Å². The van der Waals surface area contributed by atoms with Crippen LogP contribution in [0.2, 0.25) is 0 Å². The van der Waals surface area contributed by atoms with Gasteiger partial charge in [-0.25, -0.2) is 5.43 Å². The summed E-state index contributed by atoms with van der Waals surface area (Å²) in [4.78, 5) is 13.0. The molecule has 0 saturated heterocycles. The molecule has 1 aromatic carbocycles. The Labute approximate surface area is 145 Å². The molecule has 0 saturated carbocycles. The van der Waals surface area contributed by atoms with Gasteiger partial charge in [0, 0.05) is 15.5 Å². The molecule has 5 nitrogen and oxygen atoms in total. The van der Waals surface area contributed by atoms with E-state index in [9.17, 15) is 4.79 Å². The average Bonchev–Trinajstić information content (AvgIpc) is 3.19. The van der Waals surface area contributed by atoms with Gasteiger partial charge < -0.3 is 0 Å². The summed E-state index contributed by atoms with van der Waals surface area (Å²) in [7, 11) is 0. The fraction of sp³-hybridized carbons (Fsp3) is 0.0625. The van der Waals surface area contributed by atoms with E-state index in [2.05, 4.69) is 31.6 Å². The number of carbonyl (C=O) groups excluding carboxylic acids is 1. The molecule has 3 rings (SSSR count). The molecule has 3 aromatic rings. The molecule has 0 fully saturated rings. The van der Waals surface area contributed by atoms with Gasteiger partial charge in [0.1, 0.15) is 0 Å². The highest BCUT2D eigenvalue weighted by atomic mass is 79.9. The normalized spacial score (nSPS) is 11.0. The maximum absolute atomic E-state index is 12.0. The molecule has 116 valence electrons. The molecule has 23 heavy (non-hydrogen) atoms. The monoisotopic (exact) mass is 388 g/mol. The summed E-state index contributed by atoms with van der Waals surface area (Å²) in [5.74, 6) is -0.328. The summed E-state index contributed by atoms with van der Waals surface area (Å²) in [6.45, 7) is 0.602. The van der Waals surface area contributed by atoms with Gasteiger partial charge in [-0.05, 0) is 35.2 Å². The van der Waals surface area contributed by atoms with Crippen molar-refractivity contribution in [2.24, 2.45) is 5.10 Å². The highest BCUT2D eigenvalue weighted by Gasteiger charge is 2.08. The third-order valence-corrected chi connectivity index (χ3v) is 4.31. The van der Waals surface area contributed by atoms with Crippen LogP contribution in [-0.2, 0) is 6.54 Å². The zero-order valence-electron chi connectivity index (χ0n) is 12.0. The number of rotatable bonds is 5. The number of hydrogen-bond donors (Lipinski definition) is 1. The molecule has 0 radical (unpaired) electrons. The largest absolute Gasteiger partial charge is 0.291 e. The van der Waals surface area contributed by atoms with Crippen molar-refractivity contribution in [1.82, 2.24) is 15.2 Å². The number of thiophene rings is 1. The molecule has 0 bridgehead atoms. The van der Waals surface area contributed by atoms with E-state index >= 15 is 0 Å².